The Kier molecular flexibility index (Phi) is 3.19. The first kappa shape index (κ1) is 12.0. The molecular formula is C14H12O4. The van der Waals surface area contributed by atoms with Gasteiger partial charge in [0, 0.05) is 6.07 Å². The molecule has 92 valence electrons. The summed E-state index contributed by atoms with van der Waals surface area (Å²) in [5.74, 6) is -0.323. The summed E-state index contributed by atoms with van der Waals surface area (Å²) in [6.45, 7) is 1.82. The lowest BCUT2D eigenvalue weighted by atomic mass is 10.2. The van der Waals surface area contributed by atoms with Crippen molar-refractivity contribution >= 4 is 5.97 Å². The maximum atomic E-state index is 11.0. The minimum absolute atomic E-state index is 0.0813. The lowest BCUT2D eigenvalue weighted by molar-refractivity contribution is 0.0694. The molecule has 2 rings (SSSR count). The Bertz CT molecular complexity index is 570. The van der Waals surface area contributed by atoms with Crippen molar-refractivity contribution in [3.8, 4) is 17.2 Å². The van der Waals surface area contributed by atoms with E-state index in [4.69, 9.17) is 9.84 Å². The van der Waals surface area contributed by atoms with Gasteiger partial charge in [-0.05, 0) is 36.8 Å². The number of aryl methyl sites for hydroxylation is 1. The van der Waals surface area contributed by atoms with E-state index in [0.29, 0.717) is 5.75 Å². The van der Waals surface area contributed by atoms with Crippen molar-refractivity contribution in [3.05, 3.63) is 53.6 Å². The normalized spacial score (nSPS) is 10.1. The smallest absolute Gasteiger partial charge is 0.339 e. The summed E-state index contributed by atoms with van der Waals surface area (Å²) < 4.78 is 5.49. The highest BCUT2D eigenvalue weighted by molar-refractivity contribution is 5.90. The van der Waals surface area contributed by atoms with Crippen LogP contribution in [0.15, 0.2) is 42.5 Å². The Balaban J connectivity index is 2.37. The Labute approximate surface area is 104 Å². The second-order valence-electron chi connectivity index (χ2n) is 3.91. The Morgan fingerprint density at radius 1 is 1.17 bits per heavy atom. The van der Waals surface area contributed by atoms with Crippen LogP contribution in [-0.2, 0) is 0 Å². The molecule has 2 N–H and O–H groups in total. The molecule has 0 aliphatic heterocycles. The monoisotopic (exact) mass is 244 g/mol. The Morgan fingerprint density at radius 2 is 1.89 bits per heavy atom. The van der Waals surface area contributed by atoms with Crippen LogP contribution in [0.4, 0.5) is 0 Å². The minimum atomic E-state index is -1.05. The number of carboxylic acids is 1. The number of phenolic OH excluding ortho intramolecular Hbond substituents is 1. The van der Waals surface area contributed by atoms with E-state index in [1.807, 2.05) is 6.92 Å². The van der Waals surface area contributed by atoms with Gasteiger partial charge in [-0.25, -0.2) is 4.79 Å². The fourth-order valence-corrected chi connectivity index (χ4v) is 1.65. The first-order valence-corrected chi connectivity index (χ1v) is 5.37. The van der Waals surface area contributed by atoms with Crippen molar-refractivity contribution < 1.29 is 19.7 Å². The first-order valence-electron chi connectivity index (χ1n) is 5.37. The molecule has 2 aromatic carbocycles. The van der Waals surface area contributed by atoms with E-state index in [2.05, 4.69) is 0 Å². The summed E-state index contributed by atoms with van der Waals surface area (Å²) >= 11 is 0. The van der Waals surface area contributed by atoms with Gasteiger partial charge in [0.15, 0.2) is 0 Å². The molecule has 4 heteroatoms. The van der Waals surface area contributed by atoms with Crippen LogP contribution in [-0.4, -0.2) is 16.2 Å². The van der Waals surface area contributed by atoms with Crippen LogP contribution in [0.3, 0.4) is 0 Å². The number of rotatable bonds is 3. The average Bonchev–Trinajstić information content (AvgIpc) is 2.27. The number of aromatic hydroxyl groups is 1. The number of phenols is 1. The van der Waals surface area contributed by atoms with Gasteiger partial charge < -0.3 is 14.9 Å². The first-order chi connectivity index (χ1) is 8.56. The SMILES string of the molecule is Cc1cc(O)cc(Oc2ccccc2C(=O)O)c1. The fraction of sp³-hybridized carbons (Fsp3) is 0.0714. The van der Waals surface area contributed by atoms with Gasteiger partial charge in [-0.15, -0.1) is 0 Å². The van der Waals surface area contributed by atoms with Crippen LogP contribution in [0.1, 0.15) is 15.9 Å². The average molecular weight is 244 g/mol. The number of hydrogen-bond acceptors (Lipinski definition) is 3. The molecule has 0 fully saturated rings. The lowest BCUT2D eigenvalue weighted by Crippen LogP contribution is -1.99. The van der Waals surface area contributed by atoms with Crippen molar-refractivity contribution in [3.63, 3.8) is 0 Å². The maximum Gasteiger partial charge on any atom is 0.339 e. The number of ether oxygens (including phenoxy) is 1. The van der Waals surface area contributed by atoms with E-state index in [1.165, 1.54) is 12.1 Å². The molecule has 0 amide bonds. The zero-order valence-electron chi connectivity index (χ0n) is 9.75. The standard InChI is InChI=1S/C14H12O4/c1-9-6-10(15)8-11(7-9)18-13-5-3-2-4-12(13)14(16)17/h2-8,15H,1H3,(H,16,17). The summed E-state index contributed by atoms with van der Waals surface area (Å²) in [7, 11) is 0. The molecule has 0 bridgehead atoms. The number of hydrogen-bond donors (Lipinski definition) is 2. The molecule has 0 radical (unpaired) electrons. The van der Waals surface area contributed by atoms with Gasteiger partial charge in [0.25, 0.3) is 0 Å². The minimum Gasteiger partial charge on any atom is -0.508 e. The molecule has 18 heavy (non-hydrogen) atoms. The van der Waals surface area contributed by atoms with E-state index < -0.39 is 5.97 Å². The molecule has 0 saturated heterocycles. The van der Waals surface area contributed by atoms with E-state index in [-0.39, 0.29) is 17.1 Å². The highest BCUT2D eigenvalue weighted by Crippen LogP contribution is 2.28. The quantitative estimate of drug-likeness (QED) is 0.870. The number of benzene rings is 2. The van der Waals surface area contributed by atoms with Crippen LogP contribution in [0.2, 0.25) is 0 Å². The second-order valence-corrected chi connectivity index (χ2v) is 3.91. The molecule has 0 aliphatic carbocycles. The third kappa shape index (κ3) is 2.60. The largest absolute Gasteiger partial charge is 0.508 e. The number of aromatic carboxylic acids is 1. The number of carbonyl (C=O) groups is 1. The number of carboxylic acid groups (broad SMARTS) is 1. The molecule has 0 saturated carbocycles. The van der Waals surface area contributed by atoms with Crippen LogP contribution < -0.4 is 4.74 Å². The van der Waals surface area contributed by atoms with Crippen molar-refractivity contribution in [1.82, 2.24) is 0 Å². The third-order valence-corrected chi connectivity index (χ3v) is 2.38. The van der Waals surface area contributed by atoms with Crippen molar-refractivity contribution in [1.29, 1.82) is 0 Å². The van der Waals surface area contributed by atoms with Gasteiger partial charge in [-0.1, -0.05) is 12.1 Å². The van der Waals surface area contributed by atoms with E-state index in [0.717, 1.165) is 5.56 Å². The summed E-state index contributed by atoms with van der Waals surface area (Å²) in [6, 6.07) is 11.1. The second kappa shape index (κ2) is 4.79. The highest BCUT2D eigenvalue weighted by atomic mass is 16.5. The molecule has 2 aromatic rings. The van der Waals surface area contributed by atoms with E-state index >= 15 is 0 Å². The predicted molar refractivity (Wildman–Crippen MR) is 66.3 cm³/mol. The van der Waals surface area contributed by atoms with Crippen LogP contribution in [0.25, 0.3) is 0 Å². The Morgan fingerprint density at radius 3 is 2.56 bits per heavy atom. The Hall–Kier alpha value is -2.49. The van der Waals surface area contributed by atoms with Gasteiger partial charge in [-0.3, -0.25) is 0 Å². The van der Waals surface area contributed by atoms with Crippen molar-refractivity contribution in [2.45, 2.75) is 6.92 Å². The van der Waals surface area contributed by atoms with Crippen LogP contribution >= 0.6 is 0 Å². The van der Waals surface area contributed by atoms with Crippen LogP contribution in [0.5, 0.6) is 17.2 Å². The van der Waals surface area contributed by atoms with Crippen molar-refractivity contribution in [2.75, 3.05) is 0 Å². The molecule has 0 aliphatic rings. The van der Waals surface area contributed by atoms with Crippen molar-refractivity contribution in [2.24, 2.45) is 0 Å². The summed E-state index contributed by atoms with van der Waals surface area (Å²) in [6.07, 6.45) is 0. The van der Waals surface area contributed by atoms with Gasteiger partial charge in [0.05, 0.1) is 0 Å². The molecule has 0 unspecified atom stereocenters. The third-order valence-electron chi connectivity index (χ3n) is 2.38. The molecule has 0 aromatic heterocycles. The molecule has 0 atom stereocenters. The highest BCUT2D eigenvalue weighted by Gasteiger charge is 2.11. The summed E-state index contributed by atoms with van der Waals surface area (Å²) in [5, 5.41) is 18.5. The molecule has 0 spiro atoms. The fourth-order valence-electron chi connectivity index (χ4n) is 1.65. The molecule has 0 heterocycles. The number of para-hydroxylation sites is 1. The maximum absolute atomic E-state index is 11.0. The van der Waals surface area contributed by atoms with Gasteiger partial charge >= 0.3 is 5.97 Å². The van der Waals surface area contributed by atoms with Gasteiger partial charge in [0.2, 0.25) is 0 Å². The zero-order chi connectivity index (χ0) is 13.1. The van der Waals surface area contributed by atoms with E-state index in [1.54, 1.807) is 30.3 Å². The van der Waals surface area contributed by atoms with E-state index in [9.17, 15) is 9.90 Å². The molecular weight excluding hydrogens is 232 g/mol. The summed E-state index contributed by atoms with van der Waals surface area (Å²) in [5.41, 5.74) is 0.913. The van der Waals surface area contributed by atoms with Gasteiger partial charge in [0.1, 0.15) is 22.8 Å². The predicted octanol–water partition coefficient (Wildman–Crippen LogP) is 3.19. The summed E-state index contributed by atoms with van der Waals surface area (Å²) in [4.78, 5) is 11.0. The molecule has 4 nitrogen and oxygen atoms in total. The van der Waals surface area contributed by atoms with Crippen LogP contribution in [0, 0.1) is 6.92 Å². The topological polar surface area (TPSA) is 66.8 Å². The van der Waals surface area contributed by atoms with Gasteiger partial charge in [-0.2, -0.15) is 0 Å². The lowest BCUT2D eigenvalue weighted by Gasteiger charge is -2.09. The zero-order valence-corrected chi connectivity index (χ0v) is 9.75.